The average molecular weight is 181 g/mol. The zero-order chi connectivity index (χ0) is 9.68. The highest BCUT2D eigenvalue weighted by atomic mass is 16.3. The zero-order valence-corrected chi connectivity index (χ0v) is 8.71. The van der Waals surface area contributed by atoms with Crippen molar-refractivity contribution in [2.75, 3.05) is 0 Å². The van der Waals surface area contributed by atoms with Crippen molar-refractivity contribution in [3.63, 3.8) is 0 Å². The molecule has 0 spiro atoms. The van der Waals surface area contributed by atoms with Gasteiger partial charge in [0.1, 0.15) is 5.76 Å². The van der Waals surface area contributed by atoms with Gasteiger partial charge in [0.05, 0.1) is 6.26 Å². The van der Waals surface area contributed by atoms with E-state index in [9.17, 15) is 0 Å². The molecule has 2 heteroatoms. The van der Waals surface area contributed by atoms with E-state index in [0.29, 0.717) is 12.1 Å². The van der Waals surface area contributed by atoms with Gasteiger partial charge in [-0.1, -0.05) is 6.92 Å². The molecule has 0 aliphatic carbocycles. The van der Waals surface area contributed by atoms with Gasteiger partial charge < -0.3 is 9.73 Å². The second kappa shape index (κ2) is 5.07. The number of nitrogens with one attached hydrogen (secondary N) is 1. The standard InChI is InChI=1S/C11H19NO/c1-4-9(2)12-10(3)8-11-6-5-7-13-11/h5-7,9-10,12H,4,8H2,1-3H3. The summed E-state index contributed by atoms with van der Waals surface area (Å²) in [5, 5.41) is 3.51. The molecule has 0 aliphatic rings. The Kier molecular flexibility index (Phi) is 4.03. The van der Waals surface area contributed by atoms with Gasteiger partial charge in [0, 0.05) is 18.5 Å². The number of rotatable bonds is 5. The third-order valence-corrected chi connectivity index (χ3v) is 2.27. The minimum Gasteiger partial charge on any atom is -0.469 e. The molecule has 13 heavy (non-hydrogen) atoms. The van der Waals surface area contributed by atoms with Crippen molar-refractivity contribution in [1.29, 1.82) is 0 Å². The smallest absolute Gasteiger partial charge is 0.105 e. The van der Waals surface area contributed by atoms with Crippen LogP contribution >= 0.6 is 0 Å². The quantitative estimate of drug-likeness (QED) is 0.755. The Labute approximate surface area is 80.3 Å². The Morgan fingerprint density at radius 3 is 2.69 bits per heavy atom. The van der Waals surface area contributed by atoms with Crippen LogP contribution in [0.25, 0.3) is 0 Å². The van der Waals surface area contributed by atoms with E-state index < -0.39 is 0 Å². The monoisotopic (exact) mass is 181 g/mol. The molecular formula is C11H19NO. The van der Waals surface area contributed by atoms with Crippen LogP contribution in [0.1, 0.15) is 33.0 Å². The maximum atomic E-state index is 5.28. The Balaban J connectivity index is 2.29. The molecule has 2 atom stereocenters. The first kappa shape index (κ1) is 10.3. The second-order valence-electron chi connectivity index (χ2n) is 3.66. The molecule has 2 nitrogen and oxygen atoms in total. The predicted octanol–water partition coefficient (Wildman–Crippen LogP) is 2.60. The molecule has 2 unspecified atom stereocenters. The van der Waals surface area contributed by atoms with Crippen molar-refractivity contribution in [2.24, 2.45) is 0 Å². The van der Waals surface area contributed by atoms with Crippen molar-refractivity contribution >= 4 is 0 Å². The minimum absolute atomic E-state index is 0.487. The summed E-state index contributed by atoms with van der Waals surface area (Å²) in [6.45, 7) is 6.59. The summed E-state index contributed by atoms with van der Waals surface area (Å²) in [6.07, 6.45) is 3.87. The van der Waals surface area contributed by atoms with Gasteiger partial charge in [-0.05, 0) is 32.4 Å². The molecule has 0 radical (unpaired) electrons. The van der Waals surface area contributed by atoms with Crippen molar-refractivity contribution in [2.45, 2.75) is 45.7 Å². The highest BCUT2D eigenvalue weighted by molar-refractivity contribution is 5.00. The predicted molar refractivity (Wildman–Crippen MR) is 54.8 cm³/mol. The second-order valence-corrected chi connectivity index (χ2v) is 3.66. The van der Waals surface area contributed by atoms with E-state index in [1.54, 1.807) is 6.26 Å². The largest absolute Gasteiger partial charge is 0.469 e. The van der Waals surface area contributed by atoms with E-state index in [4.69, 9.17) is 4.42 Å². The molecule has 1 aromatic rings. The maximum absolute atomic E-state index is 5.28. The van der Waals surface area contributed by atoms with Gasteiger partial charge in [-0.15, -0.1) is 0 Å². The van der Waals surface area contributed by atoms with E-state index in [2.05, 4.69) is 26.1 Å². The first-order valence-electron chi connectivity index (χ1n) is 5.00. The molecule has 1 aromatic heterocycles. The number of furan rings is 1. The highest BCUT2D eigenvalue weighted by Crippen LogP contribution is 2.04. The molecule has 1 rings (SSSR count). The summed E-state index contributed by atoms with van der Waals surface area (Å²) in [4.78, 5) is 0. The fourth-order valence-electron chi connectivity index (χ4n) is 1.39. The summed E-state index contributed by atoms with van der Waals surface area (Å²) in [5.41, 5.74) is 0. The van der Waals surface area contributed by atoms with E-state index in [1.807, 2.05) is 12.1 Å². The Morgan fingerprint density at radius 2 is 2.15 bits per heavy atom. The van der Waals surface area contributed by atoms with Crippen molar-refractivity contribution in [3.05, 3.63) is 24.2 Å². The van der Waals surface area contributed by atoms with Crippen molar-refractivity contribution < 1.29 is 4.42 Å². The lowest BCUT2D eigenvalue weighted by Gasteiger charge is -2.17. The van der Waals surface area contributed by atoms with Gasteiger partial charge in [0.25, 0.3) is 0 Å². The maximum Gasteiger partial charge on any atom is 0.105 e. The number of hydrogen-bond acceptors (Lipinski definition) is 2. The third-order valence-electron chi connectivity index (χ3n) is 2.27. The summed E-state index contributed by atoms with van der Waals surface area (Å²) in [5.74, 6) is 1.06. The molecule has 74 valence electrons. The summed E-state index contributed by atoms with van der Waals surface area (Å²) >= 11 is 0. The molecule has 0 fully saturated rings. The van der Waals surface area contributed by atoms with Crippen LogP contribution in [0, 0.1) is 0 Å². The van der Waals surface area contributed by atoms with Crippen LogP contribution in [0.3, 0.4) is 0 Å². The fourth-order valence-corrected chi connectivity index (χ4v) is 1.39. The molecule has 1 heterocycles. The Morgan fingerprint density at radius 1 is 1.38 bits per heavy atom. The number of hydrogen-bond donors (Lipinski definition) is 1. The minimum atomic E-state index is 0.487. The van der Waals surface area contributed by atoms with Gasteiger partial charge in [-0.2, -0.15) is 0 Å². The molecule has 0 saturated carbocycles. The van der Waals surface area contributed by atoms with Crippen LogP contribution < -0.4 is 5.32 Å². The van der Waals surface area contributed by atoms with Crippen LogP contribution in [0.5, 0.6) is 0 Å². The summed E-state index contributed by atoms with van der Waals surface area (Å²) < 4.78 is 5.28. The first-order valence-corrected chi connectivity index (χ1v) is 5.00. The van der Waals surface area contributed by atoms with Crippen LogP contribution in [-0.4, -0.2) is 12.1 Å². The molecular weight excluding hydrogens is 162 g/mol. The lowest BCUT2D eigenvalue weighted by atomic mass is 10.1. The van der Waals surface area contributed by atoms with E-state index in [0.717, 1.165) is 12.2 Å². The third kappa shape index (κ3) is 3.64. The molecule has 1 N–H and O–H groups in total. The van der Waals surface area contributed by atoms with Gasteiger partial charge in [0.15, 0.2) is 0 Å². The molecule has 0 bridgehead atoms. The van der Waals surface area contributed by atoms with Gasteiger partial charge >= 0.3 is 0 Å². The highest BCUT2D eigenvalue weighted by Gasteiger charge is 2.07. The molecule has 0 aromatic carbocycles. The SMILES string of the molecule is CCC(C)NC(C)Cc1ccco1. The summed E-state index contributed by atoms with van der Waals surface area (Å²) in [7, 11) is 0. The van der Waals surface area contributed by atoms with Crippen molar-refractivity contribution in [1.82, 2.24) is 5.32 Å². The van der Waals surface area contributed by atoms with Crippen LogP contribution in [0.15, 0.2) is 22.8 Å². The Bertz CT molecular complexity index is 218. The normalized spacial score (nSPS) is 15.6. The van der Waals surface area contributed by atoms with Gasteiger partial charge in [-0.25, -0.2) is 0 Å². The van der Waals surface area contributed by atoms with Gasteiger partial charge in [-0.3, -0.25) is 0 Å². The van der Waals surface area contributed by atoms with E-state index in [-0.39, 0.29) is 0 Å². The lowest BCUT2D eigenvalue weighted by molar-refractivity contribution is 0.418. The van der Waals surface area contributed by atoms with Crippen LogP contribution in [0.2, 0.25) is 0 Å². The van der Waals surface area contributed by atoms with E-state index >= 15 is 0 Å². The molecule has 0 amide bonds. The van der Waals surface area contributed by atoms with Gasteiger partial charge in [0.2, 0.25) is 0 Å². The lowest BCUT2D eigenvalue weighted by Crippen LogP contribution is -2.35. The molecule has 0 saturated heterocycles. The topological polar surface area (TPSA) is 25.2 Å². The van der Waals surface area contributed by atoms with Crippen LogP contribution in [-0.2, 0) is 6.42 Å². The summed E-state index contributed by atoms with van der Waals surface area (Å²) in [6, 6.07) is 5.03. The first-order chi connectivity index (χ1) is 6.22. The zero-order valence-electron chi connectivity index (χ0n) is 8.71. The van der Waals surface area contributed by atoms with Crippen LogP contribution in [0.4, 0.5) is 0 Å². The molecule has 0 aliphatic heterocycles. The van der Waals surface area contributed by atoms with E-state index in [1.165, 1.54) is 6.42 Å². The Hall–Kier alpha value is -0.760. The fraction of sp³-hybridized carbons (Fsp3) is 0.636. The average Bonchev–Trinajstić information content (AvgIpc) is 2.56. The van der Waals surface area contributed by atoms with Crippen molar-refractivity contribution in [3.8, 4) is 0 Å².